The van der Waals surface area contributed by atoms with Gasteiger partial charge in [0.05, 0.1) is 6.42 Å². The van der Waals surface area contributed by atoms with Gasteiger partial charge >= 0.3 is 6.36 Å². The van der Waals surface area contributed by atoms with Crippen LogP contribution >= 0.6 is 0 Å². The van der Waals surface area contributed by atoms with Crippen LogP contribution in [-0.4, -0.2) is 55.2 Å². The number of hydrogen-bond donors (Lipinski definition) is 2. The van der Waals surface area contributed by atoms with Crippen molar-refractivity contribution in [2.75, 3.05) is 20.2 Å². The van der Waals surface area contributed by atoms with Crippen LogP contribution in [0.5, 0.6) is 5.75 Å². The third-order valence-electron chi connectivity index (χ3n) is 6.10. The number of benzene rings is 2. The first-order valence-corrected chi connectivity index (χ1v) is 13.1. The van der Waals surface area contributed by atoms with E-state index in [0.29, 0.717) is 24.2 Å². The lowest BCUT2D eigenvalue weighted by molar-refractivity contribution is -0.274. The molecule has 0 radical (unpaired) electrons. The number of alkyl halides is 3. The van der Waals surface area contributed by atoms with Gasteiger partial charge in [0.15, 0.2) is 5.79 Å². The van der Waals surface area contributed by atoms with Crippen molar-refractivity contribution >= 4 is 11.8 Å². The molecule has 0 unspecified atom stereocenters. The van der Waals surface area contributed by atoms with Gasteiger partial charge in [-0.05, 0) is 56.2 Å². The Morgan fingerprint density at radius 3 is 2.27 bits per heavy atom. The maximum absolute atomic E-state index is 12.9. The number of nitrogens with two attached hydrogens (primary N) is 1. The fourth-order valence-corrected chi connectivity index (χ4v) is 3.95. The molecule has 0 aromatic heterocycles. The minimum absolute atomic E-state index is 0.164. The van der Waals surface area contributed by atoms with E-state index in [9.17, 15) is 22.8 Å². The van der Waals surface area contributed by atoms with Crippen LogP contribution < -0.4 is 15.8 Å². The van der Waals surface area contributed by atoms with E-state index in [1.54, 1.807) is 61.2 Å². The number of halogens is 3. The predicted molar refractivity (Wildman–Crippen MR) is 150 cm³/mol. The second kappa shape index (κ2) is 15.8. The highest BCUT2D eigenvalue weighted by atomic mass is 19.4. The standard InChI is InChI=1S/C26H31F3N2O5.C4H7N/c1-25(2,34-3)35-22(24(33)31-14-6-7-15-31)16-23(32)30-17-18-10-12-19(13-11-18)20-8-4-5-9-21(20)36-26(27,28)29;1-2-3-4-5/h4-5,8-13,22H,6-7,14-17H2,1-3H3,(H,30,32);2-4H,1,5H2/b;4-3-/t22-;/m1./s1. The molecule has 1 heterocycles. The summed E-state index contributed by atoms with van der Waals surface area (Å²) in [6.07, 6.45) is 0.624. The average molecular weight is 578 g/mol. The van der Waals surface area contributed by atoms with Gasteiger partial charge in [0, 0.05) is 32.3 Å². The van der Waals surface area contributed by atoms with Crippen molar-refractivity contribution in [1.82, 2.24) is 10.2 Å². The molecule has 1 atom stereocenters. The molecule has 3 N–H and O–H groups in total. The Balaban J connectivity index is 0.00000108. The molecular weight excluding hydrogens is 539 g/mol. The van der Waals surface area contributed by atoms with Gasteiger partial charge in [-0.1, -0.05) is 55.1 Å². The monoisotopic (exact) mass is 577 g/mol. The van der Waals surface area contributed by atoms with Crippen molar-refractivity contribution in [1.29, 1.82) is 0 Å². The van der Waals surface area contributed by atoms with Gasteiger partial charge in [0.2, 0.25) is 5.91 Å². The lowest BCUT2D eigenvalue weighted by atomic mass is 10.0. The lowest BCUT2D eigenvalue weighted by Crippen LogP contribution is -2.45. The summed E-state index contributed by atoms with van der Waals surface area (Å²) < 4.78 is 53.4. The van der Waals surface area contributed by atoms with Crippen LogP contribution in [-0.2, 0) is 25.6 Å². The van der Waals surface area contributed by atoms with E-state index in [4.69, 9.17) is 15.2 Å². The topological polar surface area (TPSA) is 103 Å². The zero-order chi connectivity index (χ0) is 30.5. The van der Waals surface area contributed by atoms with E-state index in [2.05, 4.69) is 16.6 Å². The smallest absolute Gasteiger partial charge is 0.405 e. The summed E-state index contributed by atoms with van der Waals surface area (Å²) >= 11 is 0. The van der Waals surface area contributed by atoms with E-state index in [1.165, 1.54) is 31.5 Å². The van der Waals surface area contributed by atoms with Crippen LogP contribution in [0.3, 0.4) is 0 Å². The van der Waals surface area contributed by atoms with E-state index < -0.39 is 18.3 Å². The first kappa shape index (κ1) is 33.4. The second-order valence-corrected chi connectivity index (χ2v) is 9.59. The molecule has 2 aromatic rings. The van der Waals surface area contributed by atoms with Gasteiger partial charge in [0.25, 0.3) is 5.91 Å². The zero-order valence-electron chi connectivity index (χ0n) is 23.6. The van der Waals surface area contributed by atoms with Gasteiger partial charge < -0.3 is 30.2 Å². The number of amides is 2. The molecule has 2 aromatic carbocycles. The van der Waals surface area contributed by atoms with Gasteiger partial charge in [-0.15, -0.1) is 13.2 Å². The third kappa shape index (κ3) is 11.7. The summed E-state index contributed by atoms with van der Waals surface area (Å²) in [5.41, 5.74) is 6.46. The van der Waals surface area contributed by atoms with Gasteiger partial charge in [0.1, 0.15) is 11.9 Å². The van der Waals surface area contributed by atoms with Crippen molar-refractivity contribution in [3.63, 3.8) is 0 Å². The number of para-hydroxylation sites is 1. The number of nitrogens with one attached hydrogen (secondary N) is 1. The lowest BCUT2D eigenvalue weighted by Gasteiger charge is -2.31. The molecule has 1 saturated heterocycles. The number of carbonyl (C=O) groups excluding carboxylic acids is 2. The summed E-state index contributed by atoms with van der Waals surface area (Å²) in [5, 5.41) is 2.78. The first-order chi connectivity index (χ1) is 19.4. The van der Waals surface area contributed by atoms with Gasteiger partial charge in [-0.2, -0.15) is 0 Å². The Bertz CT molecular complexity index is 1160. The summed E-state index contributed by atoms with van der Waals surface area (Å²) in [6.45, 7) is 8.18. The average Bonchev–Trinajstić information content (AvgIpc) is 3.47. The number of rotatable bonds is 11. The van der Waals surface area contributed by atoms with Crippen molar-refractivity contribution in [3.05, 3.63) is 79.0 Å². The summed E-state index contributed by atoms with van der Waals surface area (Å²) in [6, 6.07) is 12.6. The highest BCUT2D eigenvalue weighted by Gasteiger charge is 2.34. The Labute approximate surface area is 238 Å². The highest BCUT2D eigenvalue weighted by molar-refractivity contribution is 5.87. The molecule has 1 aliphatic rings. The number of likely N-dealkylation sites (tertiary alicyclic amines) is 1. The quantitative estimate of drug-likeness (QED) is 0.278. The minimum atomic E-state index is -4.80. The fraction of sp³-hybridized carbons (Fsp3) is 0.400. The van der Waals surface area contributed by atoms with Crippen molar-refractivity contribution in [3.8, 4) is 16.9 Å². The molecule has 1 aliphatic heterocycles. The van der Waals surface area contributed by atoms with E-state index in [-0.39, 0.29) is 30.5 Å². The maximum Gasteiger partial charge on any atom is 0.573 e. The number of methoxy groups -OCH3 is 1. The Morgan fingerprint density at radius 1 is 1.10 bits per heavy atom. The second-order valence-electron chi connectivity index (χ2n) is 9.59. The molecule has 11 heteroatoms. The van der Waals surface area contributed by atoms with Crippen LogP contribution in [0.4, 0.5) is 13.2 Å². The van der Waals surface area contributed by atoms with E-state index in [1.807, 2.05) is 0 Å². The number of allylic oxidation sites excluding steroid dienone is 2. The van der Waals surface area contributed by atoms with E-state index >= 15 is 0 Å². The molecule has 3 rings (SSSR count). The van der Waals surface area contributed by atoms with Crippen LogP contribution in [0.1, 0.15) is 38.7 Å². The number of ether oxygens (including phenoxy) is 3. The number of hydrogen-bond acceptors (Lipinski definition) is 6. The van der Waals surface area contributed by atoms with E-state index in [0.717, 1.165) is 18.4 Å². The molecule has 8 nitrogen and oxygen atoms in total. The Hall–Kier alpha value is -3.83. The minimum Gasteiger partial charge on any atom is -0.405 e. The summed E-state index contributed by atoms with van der Waals surface area (Å²) in [5.74, 6) is -1.94. The highest BCUT2D eigenvalue weighted by Crippen LogP contribution is 2.33. The molecule has 0 saturated carbocycles. The zero-order valence-corrected chi connectivity index (χ0v) is 23.6. The molecule has 0 spiro atoms. The summed E-state index contributed by atoms with van der Waals surface area (Å²) in [4.78, 5) is 27.3. The third-order valence-corrected chi connectivity index (χ3v) is 6.10. The number of carbonyl (C=O) groups is 2. The van der Waals surface area contributed by atoms with Crippen LogP contribution in [0.15, 0.2) is 73.5 Å². The molecule has 1 fully saturated rings. The molecule has 41 heavy (non-hydrogen) atoms. The summed E-state index contributed by atoms with van der Waals surface area (Å²) in [7, 11) is 1.47. The maximum atomic E-state index is 12.9. The Kier molecular flexibility index (Phi) is 12.9. The molecular formula is C30H38F3N3O5. The van der Waals surface area contributed by atoms with Crippen molar-refractivity contribution in [2.45, 2.75) is 57.9 Å². The normalized spacial score (nSPS) is 14.2. The fourth-order valence-electron chi connectivity index (χ4n) is 3.95. The van der Waals surface area contributed by atoms with Crippen molar-refractivity contribution in [2.24, 2.45) is 5.73 Å². The van der Waals surface area contributed by atoms with Crippen LogP contribution in [0.2, 0.25) is 0 Å². The predicted octanol–water partition coefficient (Wildman–Crippen LogP) is 5.29. The first-order valence-electron chi connectivity index (χ1n) is 13.1. The molecule has 224 valence electrons. The molecule has 0 bridgehead atoms. The number of nitrogens with zero attached hydrogens (tertiary/aromatic N) is 1. The SMILES string of the molecule is C=C/C=C\N.COC(C)(C)O[C@H](CC(=O)NCc1ccc(-c2ccccc2OC(F)(F)F)cc1)C(=O)N1CCCC1. The molecule has 0 aliphatic carbocycles. The Morgan fingerprint density at radius 2 is 1.73 bits per heavy atom. The molecule has 2 amide bonds. The van der Waals surface area contributed by atoms with Gasteiger partial charge in [-0.3, -0.25) is 9.59 Å². The largest absolute Gasteiger partial charge is 0.573 e. The van der Waals surface area contributed by atoms with Crippen molar-refractivity contribution < 1.29 is 37.0 Å². The van der Waals surface area contributed by atoms with Gasteiger partial charge in [-0.25, -0.2) is 0 Å². The van der Waals surface area contributed by atoms with Crippen LogP contribution in [0, 0.1) is 0 Å². The van der Waals surface area contributed by atoms with Crippen LogP contribution in [0.25, 0.3) is 11.1 Å².